The van der Waals surface area contributed by atoms with Crippen molar-refractivity contribution in [2.45, 2.75) is 133 Å². The highest BCUT2D eigenvalue weighted by Gasteiger charge is 2.26. The van der Waals surface area contributed by atoms with Crippen LogP contribution in [0.2, 0.25) is 0 Å². The Morgan fingerprint density at radius 1 is 0.635 bits per heavy atom. The molecule has 3 aromatic rings. The van der Waals surface area contributed by atoms with Gasteiger partial charge >= 0.3 is 0 Å². The van der Waals surface area contributed by atoms with Crippen molar-refractivity contribution in [2.75, 3.05) is 52.8 Å². The zero-order valence-corrected chi connectivity index (χ0v) is 43.3. The molecule has 0 saturated carbocycles. The number of Topliss-reactive ketones (excluding diaryl/α,β-unsaturated/α-hetero) is 4. The van der Waals surface area contributed by atoms with Gasteiger partial charge in [-0.25, -0.2) is 9.97 Å². The van der Waals surface area contributed by atoms with E-state index in [0.29, 0.717) is 19.3 Å². The van der Waals surface area contributed by atoms with E-state index in [1.54, 1.807) is 23.5 Å². The first-order chi connectivity index (χ1) is 30.4. The molecular formula is C49H68Br2N6O4S2. The number of nitrogens with zero attached hydrogens (tertiary/aromatic N) is 4. The Hall–Kier alpha value is -2.88. The lowest BCUT2D eigenvalue weighted by atomic mass is 9.91. The minimum atomic E-state index is -0.612. The molecule has 344 valence electrons. The lowest BCUT2D eigenvalue weighted by Gasteiger charge is -2.20. The van der Waals surface area contributed by atoms with E-state index in [2.05, 4.69) is 76.3 Å². The second kappa shape index (κ2) is 30.3. The van der Waals surface area contributed by atoms with E-state index in [1.807, 2.05) is 59.4 Å². The van der Waals surface area contributed by atoms with Gasteiger partial charge in [-0.05, 0) is 118 Å². The zero-order chi connectivity index (χ0) is 46.1. The molecule has 10 nitrogen and oxygen atoms in total. The zero-order valence-electron chi connectivity index (χ0n) is 38.5. The highest BCUT2D eigenvalue weighted by atomic mass is 79.9. The minimum Gasteiger partial charge on any atom is -0.319 e. The molecule has 0 amide bonds. The number of ketones is 4. The van der Waals surface area contributed by atoms with Crippen LogP contribution in [0.5, 0.6) is 0 Å². The first-order valence-corrected chi connectivity index (χ1v) is 25.9. The maximum absolute atomic E-state index is 14.3. The maximum atomic E-state index is 14.3. The first kappa shape index (κ1) is 54.5. The van der Waals surface area contributed by atoms with Gasteiger partial charge in [0.25, 0.3) is 0 Å². The van der Waals surface area contributed by atoms with Gasteiger partial charge in [0.15, 0.2) is 11.6 Å². The monoisotopic (exact) mass is 1030 g/mol. The predicted molar refractivity (Wildman–Crippen MR) is 271 cm³/mol. The molecule has 14 heteroatoms. The Labute approximate surface area is 402 Å². The fourth-order valence-corrected chi connectivity index (χ4v) is 10.8. The molecule has 0 spiro atoms. The van der Waals surface area contributed by atoms with Crippen LogP contribution >= 0.6 is 55.4 Å². The van der Waals surface area contributed by atoms with Crippen molar-refractivity contribution >= 4 is 89.9 Å². The summed E-state index contributed by atoms with van der Waals surface area (Å²) < 4.78 is 1.59. The van der Waals surface area contributed by atoms with Gasteiger partial charge in [-0.3, -0.25) is 29.2 Å². The molecule has 63 heavy (non-hydrogen) atoms. The van der Waals surface area contributed by atoms with Crippen LogP contribution in [0.3, 0.4) is 0 Å². The van der Waals surface area contributed by atoms with Crippen molar-refractivity contribution in [3.05, 3.63) is 79.2 Å². The summed E-state index contributed by atoms with van der Waals surface area (Å²) in [5.74, 6) is 0.773. The Balaban J connectivity index is 1.82. The molecular weight excluding hydrogens is 961 g/mol. The number of unbranched alkanes of at least 4 members (excludes halogenated alkanes) is 4. The largest absolute Gasteiger partial charge is 0.319 e. The van der Waals surface area contributed by atoms with Crippen molar-refractivity contribution < 1.29 is 19.2 Å². The number of hydrogen-bond acceptors (Lipinski definition) is 12. The van der Waals surface area contributed by atoms with Crippen molar-refractivity contribution in [3.63, 3.8) is 0 Å². The Kier molecular flexibility index (Phi) is 26.2. The molecule has 3 rings (SSSR count). The van der Waals surface area contributed by atoms with Crippen LogP contribution in [0.1, 0.15) is 147 Å². The maximum Gasteiger partial charge on any atom is 0.188 e. The predicted octanol–water partition coefficient (Wildman–Crippen LogP) is 11.1. The van der Waals surface area contributed by atoms with Crippen LogP contribution in [0.15, 0.2) is 65.4 Å². The molecule has 0 bridgehead atoms. The smallest absolute Gasteiger partial charge is 0.188 e. The molecule has 1 unspecified atom stereocenters. The lowest BCUT2D eigenvalue weighted by molar-refractivity contribution is -0.119. The van der Waals surface area contributed by atoms with E-state index in [9.17, 15) is 19.2 Å². The van der Waals surface area contributed by atoms with Gasteiger partial charge in [0, 0.05) is 107 Å². The second-order valence-electron chi connectivity index (χ2n) is 15.8. The summed E-state index contributed by atoms with van der Waals surface area (Å²) in [6.45, 7) is 7.62. The number of benzene rings is 2. The number of nitrogens with one attached hydrogen (secondary N) is 2. The summed E-state index contributed by atoms with van der Waals surface area (Å²) in [7, 11) is 7.48. The van der Waals surface area contributed by atoms with Gasteiger partial charge in [0.05, 0.1) is 0 Å². The van der Waals surface area contributed by atoms with Crippen LogP contribution in [0.25, 0.3) is 0 Å². The average molecular weight is 1030 g/mol. The third-order valence-corrected chi connectivity index (χ3v) is 14.4. The van der Waals surface area contributed by atoms with E-state index >= 15 is 0 Å². The Bertz CT molecular complexity index is 2040. The van der Waals surface area contributed by atoms with E-state index in [-0.39, 0.29) is 47.4 Å². The van der Waals surface area contributed by atoms with Gasteiger partial charge in [-0.1, -0.05) is 65.5 Å². The summed E-state index contributed by atoms with van der Waals surface area (Å²) in [6.07, 6.45) is 12.5. The number of aliphatic imine (C=N–C) groups is 2. The van der Waals surface area contributed by atoms with Gasteiger partial charge < -0.3 is 10.6 Å². The van der Waals surface area contributed by atoms with Crippen LogP contribution in [-0.4, -0.2) is 97.3 Å². The fourth-order valence-electron chi connectivity index (χ4n) is 7.39. The first-order valence-electron chi connectivity index (χ1n) is 22.4. The third kappa shape index (κ3) is 18.9. The molecule has 0 aliphatic heterocycles. The van der Waals surface area contributed by atoms with E-state index < -0.39 is 5.92 Å². The van der Waals surface area contributed by atoms with Crippen molar-refractivity contribution in [3.8, 4) is 0 Å². The molecule has 1 atom stereocenters. The SMILES string of the molecule is CCC(CCCCCC(=O)Cc1cc(Br)cc(CC(=O)c2cc(C(=O)C(C)c3cc(Br)cc(CC(=O)CCCCCC(CC)=NC)c3SCCNC)ncn2)c1SCCNC)=NC. The average Bonchev–Trinajstić information content (AvgIpc) is 3.27. The van der Waals surface area contributed by atoms with Gasteiger partial charge in [0.1, 0.15) is 29.3 Å². The number of thioether (sulfide) groups is 2. The molecule has 0 fully saturated rings. The molecule has 1 heterocycles. The summed E-state index contributed by atoms with van der Waals surface area (Å²) in [6, 6.07) is 9.38. The molecule has 1 aromatic heterocycles. The number of hydrogen-bond donors (Lipinski definition) is 2. The minimum absolute atomic E-state index is 0.0451. The number of halogens is 2. The van der Waals surface area contributed by atoms with Crippen LogP contribution in [-0.2, 0) is 28.9 Å². The molecule has 0 saturated heterocycles. The van der Waals surface area contributed by atoms with Crippen LogP contribution in [0, 0.1) is 0 Å². The summed E-state index contributed by atoms with van der Waals surface area (Å²) in [5, 5.41) is 6.39. The molecule has 0 radical (unpaired) electrons. The van der Waals surface area contributed by atoms with Crippen LogP contribution in [0.4, 0.5) is 0 Å². The second-order valence-corrected chi connectivity index (χ2v) is 19.8. The standard InChI is InChI=1S/C49H68Br2N6O4S2/c1-8-39(54-6)16-12-10-14-18-41(58)27-34-24-37(50)26-36(48(34)62-22-20-52-4)29-46(60)44-31-45(57-32-56-44)47(61)33(3)43-30-38(51)25-35(49(43)63-23-21-53-5)28-42(59)19-15-11-13-17-40(9-2)55-7/h24-26,30-33,52-53H,8-23,27-29H2,1-7H3. The summed E-state index contributed by atoms with van der Waals surface area (Å²) in [5.41, 5.74) is 6.15. The lowest BCUT2D eigenvalue weighted by Crippen LogP contribution is -2.17. The normalized spacial score (nSPS) is 12.5. The number of aromatic nitrogens is 2. The number of carbonyl (C=O) groups is 4. The van der Waals surface area contributed by atoms with Gasteiger partial charge in [0.2, 0.25) is 0 Å². The fraction of sp³-hybridized carbons (Fsp3) is 0.551. The third-order valence-electron chi connectivity index (χ3n) is 11.0. The molecule has 2 aromatic carbocycles. The number of rotatable bonds is 32. The molecule has 2 N–H and O–H groups in total. The van der Waals surface area contributed by atoms with Crippen molar-refractivity contribution in [1.82, 2.24) is 20.6 Å². The topological polar surface area (TPSA) is 143 Å². The summed E-state index contributed by atoms with van der Waals surface area (Å²) in [4.78, 5) is 74.2. The molecule has 0 aliphatic carbocycles. The van der Waals surface area contributed by atoms with Crippen molar-refractivity contribution in [2.24, 2.45) is 9.98 Å². The Morgan fingerprint density at radius 2 is 1.10 bits per heavy atom. The van der Waals surface area contributed by atoms with Crippen molar-refractivity contribution in [1.29, 1.82) is 0 Å². The van der Waals surface area contributed by atoms with E-state index in [0.717, 1.165) is 130 Å². The van der Waals surface area contributed by atoms with Gasteiger partial charge in [-0.2, -0.15) is 0 Å². The van der Waals surface area contributed by atoms with E-state index in [1.165, 1.54) is 23.8 Å². The summed E-state index contributed by atoms with van der Waals surface area (Å²) >= 11 is 10.6. The molecule has 0 aliphatic rings. The highest BCUT2D eigenvalue weighted by Crippen LogP contribution is 2.37. The Morgan fingerprint density at radius 3 is 1.60 bits per heavy atom. The highest BCUT2D eigenvalue weighted by molar-refractivity contribution is 9.10. The quantitative estimate of drug-likeness (QED) is 0.0268. The van der Waals surface area contributed by atoms with Crippen LogP contribution < -0.4 is 10.6 Å². The number of carbonyl (C=O) groups excluding carboxylic acids is 4. The van der Waals surface area contributed by atoms with E-state index in [4.69, 9.17) is 0 Å². The van der Waals surface area contributed by atoms with Gasteiger partial charge in [-0.15, -0.1) is 23.5 Å².